The molecular formula is C16H21FN2O. The van der Waals surface area contributed by atoms with E-state index in [1.165, 1.54) is 12.1 Å². The normalized spacial score (nSPS) is 12.8. The van der Waals surface area contributed by atoms with Gasteiger partial charge in [-0.15, -0.1) is 0 Å². The highest BCUT2D eigenvalue weighted by atomic mass is 19.1. The molecule has 20 heavy (non-hydrogen) atoms. The molecule has 0 aliphatic rings. The number of benzene rings is 1. The lowest BCUT2D eigenvalue weighted by Gasteiger charge is -2.12. The molecule has 1 aromatic heterocycles. The number of hydrogen-bond donors (Lipinski definition) is 2. The summed E-state index contributed by atoms with van der Waals surface area (Å²) in [7, 11) is 0. The molecule has 1 heterocycles. The summed E-state index contributed by atoms with van der Waals surface area (Å²) in [5.74, 6) is 0.371. The van der Waals surface area contributed by atoms with Crippen LogP contribution in [0.15, 0.2) is 30.5 Å². The van der Waals surface area contributed by atoms with Gasteiger partial charge in [-0.2, -0.15) is 5.10 Å². The zero-order valence-electron chi connectivity index (χ0n) is 11.9. The predicted molar refractivity (Wildman–Crippen MR) is 77.6 cm³/mol. The Bertz CT molecular complexity index is 534. The molecule has 2 rings (SSSR count). The van der Waals surface area contributed by atoms with Crippen LogP contribution in [0.3, 0.4) is 0 Å². The van der Waals surface area contributed by atoms with E-state index in [1.807, 2.05) is 0 Å². The van der Waals surface area contributed by atoms with Gasteiger partial charge in [0.15, 0.2) is 0 Å². The second-order valence-electron chi connectivity index (χ2n) is 5.55. The van der Waals surface area contributed by atoms with E-state index in [9.17, 15) is 9.50 Å². The molecule has 0 aliphatic heterocycles. The molecule has 0 fully saturated rings. The molecule has 0 radical (unpaired) electrons. The highest BCUT2D eigenvalue weighted by molar-refractivity contribution is 5.62. The summed E-state index contributed by atoms with van der Waals surface area (Å²) in [6, 6.07) is 6.19. The Balaban J connectivity index is 2.09. The Morgan fingerprint density at radius 1 is 1.20 bits per heavy atom. The lowest BCUT2D eigenvalue weighted by atomic mass is 9.98. The molecule has 2 aromatic rings. The summed E-state index contributed by atoms with van der Waals surface area (Å²) >= 11 is 0. The predicted octanol–water partition coefficient (Wildman–Crippen LogP) is 4.08. The molecular weight excluding hydrogens is 255 g/mol. The monoisotopic (exact) mass is 276 g/mol. The van der Waals surface area contributed by atoms with Crippen LogP contribution in [-0.2, 0) is 0 Å². The minimum Gasteiger partial charge on any atom is -0.388 e. The molecule has 0 spiro atoms. The van der Waals surface area contributed by atoms with Crippen molar-refractivity contribution < 1.29 is 9.50 Å². The van der Waals surface area contributed by atoms with Crippen molar-refractivity contribution in [3.8, 4) is 11.3 Å². The summed E-state index contributed by atoms with van der Waals surface area (Å²) in [6.45, 7) is 4.35. The van der Waals surface area contributed by atoms with Gasteiger partial charge >= 0.3 is 0 Å². The zero-order valence-corrected chi connectivity index (χ0v) is 11.9. The fourth-order valence-corrected chi connectivity index (χ4v) is 2.27. The number of nitrogens with zero attached hydrogens (tertiary/aromatic N) is 1. The number of aromatic nitrogens is 2. The summed E-state index contributed by atoms with van der Waals surface area (Å²) in [4.78, 5) is 0. The van der Waals surface area contributed by atoms with Crippen molar-refractivity contribution >= 4 is 0 Å². The largest absolute Gasteiger partial charge is 0.388 e. The number of hydrogen-bond acceptors (Lipinski definition) is 2. The molecule has 108 valence electrons. The first-order valence-electron chi connectivity index (χ1n) is 7.05. The molecule has 0 amide bonds. The summed E-state index contributed by atoms with van der Waals surface area (Å²) in [5.41, 5.74) is 2.38. The molecule has 2 N–H and O–H groups in total. The molecule has 0 saturated heterocycles. The third-order valence-corrected chi connectivity index (χ3v) is 3.42. The first-order chi connectivity index (χ1) is 9.58. The molecule has 4 heteroatoms. The van der Waals surface area contributed by atoms with E-state index in [4.69, 9.17) is 0 Å². The van der Waals surface area contributed by atoms with E-state index in [-0.39, 0.29) is 5.82 Å². The summed E-state index contributed by atoms with van der Waals surface area (Å²) in [5, 5.41) is 17.2. The quantitative estimate of drug-likeness (QED) is 0.835. The first-order valence-corrected chi connectivity index (χ1v) is 7.05. The lowest BCUT2D eigenvalue weighted by Crippen LogP contribution is -1.99. The van der Waals surface area contributed by atoms with E-state index in [0.29, 0.717) is 12.3 Å². The van der Waals surface area contributed by atoms with Crippen LogP contribution in [0.2, 0.25) is 0 Å². The van der Waals surface area contributed by atoms with Gasteiger partial charge in [-0.3, -0.25) is 5.10 Å². The SMILES string of the molecule is CC(C)CCCC(O)c1cn[nH]c1-c1ccc(F)cc1. The summed E-state index contributed by atoms with van der Waals surface area (Å²) in [6.07, 6.45) is 3.91. The third kappa shape index (κ3) is 3.67. The number of nitrogens with one attached hydrogen (secondary N) is 1. The van der Waals surface area contributed by atoms with Gasteiger partial charge < -0.3 is 5.11 Å². The highest BCUT2D eigenvalue weighted by Crippen LogP contribution is 2.29. The maximum atomic E-state index is 13.0. The Morgan fingerprint density at radius 3 is 2.55 bits per heavy atom. The topological polar surface area (TPSA) is 48.9 Å². The Labute approximate surface area is 118 Å². The number of aliphatic hydroxyl groups excluding tert-OH is 1. The standard InChI is InChI=1S/C16H21FN2O/c1-11(2)4-3-5-15(20)14-10-18-19-16(14)12-6-8-13(17)9-7-12/h6-11,15,20H,3-5H2,1-2H3,(H,18,19). The van der Waals surface area contributed by atoms with Gasteiger partial charge in [0, 0.05) is 11.1 Å². The van der Waals surface area contributed by atoms with Crippen molar-refractivity contribution in [1.82, 2.24) is 10.2 Å². The van der Waals surface area contributed by atoms with Crippen LogP contribution < -0.4 is 0 Å². The molecule has 1 aromatic carbocycles. The molecule has 0 aliphatic carbocycles. The van der Waals surface area contributed by atoms with Gasteiger partial charge in [-0.05, 0) is 36.6 Å². The van der Waals surface area contributed by atoms with Crippen molar-refractivity contribution in [2.24, 2.45) is 5.92 Å². The zero-order chi connectivity index (χ0) is 14.5. The number of rotatable bonds is 6. The van der Waals surface area contributed by atoms with Crippen molar-refractivity contribution in [2.75, 3.05) is 0 Å². The van der Waals surface area contributed by atoms with E-state index in [0.717, 1.165) is 29.7 Å². The lowest BCUT2D eigenvalue weighted by molar-refractivity contribution is 0.162. The second-order valence-corrected chi connectivity index (χ2v) is 5.55. The highest BCUT2D eigenvalue weighted by Gasteiger charge is 2.16. The van der Waals surface area contributed by atoms with E-state index >= 15 is 0 Å². The molecule has 0 bridgehead atoms. The summed E-state index contributed by atoms with van der Waals surface area (Å²) < 4.78 is 13.0. The van der Waals surface area contributed by atoms with E-state index < -0.39 is 6.10 Å². The average Bonchev–Trinajstić information content (AvgIpc) is 2.88. The number of H-pyrrole nitrogens is 1. The minimum absolute atomic E-state index is 0.271. The van der Waals surface area contributed by atoms with Gasteiger partial charge in [-0.25, -0.2) is 4.39 Å². The van der Waals surface area contributed by atoms with Crippen LogP contribution in [0, 0.1) is 11.7 Å². The minimum atomic E-state index is -0.535. The first kappa shape index (κ1) is 14.7. The number of aromatic amines is 1. The van der Waals surface area contributed by atoms with Gasteiger partial charge in [-0.1, -0.05) is 26.7 Å². The maximum Gasteiger partial charge on any atom is 0.123 e. The van der Waals surface area contributed by atoms with Crippen LogP contribution in [0.4, 0.5) is 4.39 Å². The van der Waals surface area contributed by atoms with Crippen LogP contribution in [0.25, 0.3) is 11.3 Å². The number of halogens is 1. The van der Waals surface area contributed by atoms with Crippen LogP contribution >= 0.6 is 0 Å². The van der Waals surface area contributed by atoms with Crippen LogP contribution in [0.5, 0.6) is 0 Å². The van der Waals surface area contributed by atoms with Gasteiger partial charge in [0.25, 0.3) is 0 Å². The smallest absolute Gasteiger partial charge is 0.123 e. The maximum absolute atomic E-state index is 13.0. The van der Waals surface area contributed by atoms with Gasteiger partial charge in [0.1, 0.15) is 5.82 Å². The van der Waals surface area contributed by atoms with Crippen molar-refractivity contribution in [3.63, 3.8) is 0 Å². The van der Waals surface area contributed by atoms with Gasteiger partial charge in [0.2, 0.25) is 0 Å². The fraction of sp³-hybridized carbons (Fsp3) is 0.438. The van der Waals surface area contributed by atoms with Crippen molar-refractivity contribution in [2.45, 2.75) is 39.2 Å². The van der Waals surface area contributed by atoms with E-state index in [2.05, 4.69) is 24.0 Å². The Morgan fingerprint density at radius 2 is 1.90 bits per heavy atom. The molecule has 0 saturated carbocycles. The van der Waals surface area contributed by atoms with Crippen LogP contribution in [-0.4, -0.2) is 15.3 Å². The molecule has 3 nitrogen and oxygen atoms in total. The average molecular weight is 276 g/mol. The Kier molecular flexibility index (Phi) is 4.90. The fourth-order valence-electron chi connectivity index (χ4n) is 2.27. The van der Waals surface area contributed by atoms with E-state index in [1.54, 1.807) is 18.3 Å². The third-order valence-electron chi connectivity index (χ3n) is 3.42. The van der Waals surface area contributed by atoms with Crippen molar-refractivity contribution in [1.29, 1.82) is 0 Å². The molecule has 1 unspecified atom stereocenters. The van der Waals surface area contributed by atoms with Crippen LogP contribution in [0.1, 0.15) is 44.8 Å². The number of aliphatic hydroxyl groups is 1. The Hall–Kier alpha value is -1.68. The molecule has 1 atom stereocenters. The van der Waals surface area contributed by atoms with Crippen molar-refractivity contribution in [3.05, 3.63) is 41.8 Å². The van der Waals surface area contributed by atoms with Gasteiger partial charge in [0.05, 0.1) is 18.0 Å². The second kappa shape index (κ2) is 6.66.